The number of aromatic nitrogens is 1. The van der Waals surface area contributed by atoms with Gasteiger partial charge in [-0.2, -0.15) is 0 Å². The summed E-state index contributed by atoms with van der Waals surface area (Å²) in [5, 5.41) is 7.83. The smallest absolute Gasteiger partial charge is 0.191 e. The van der Waals surface area contributed by atoms with E-state index in [0.717, 1.165) is 47.5 Å². The third-order valence-electron chi connectivity index (χ3n) is 3.95. The van der Waals surface area contributed by atoms with Crippen LogP contribution in [0.5, 0.6) is 5.75 Å². The maximum atomic E-state index is 5.58. The summed E-state index contributed by atoms with van der Waals surface area (Å²) in [4.78, 5) is 10.5. The standard InChI is InChI=1S/C20H30N4O2S.HI/c1-5-21-20(22-11-10-19-24-15(2)16(3)27-19)23-14-17-6-8-18(9-7-17)26-13-12-25-4;/h6-9H,5,10-14H2,1-4H3,(H2,21,22,23);1H. The van der Waals surface area contributed by atoms with Crippen molar-refractivity contribution in [2.75, 3.05) is 33.4 Å². The molecule has 1 heterocycles. The van der Waals surface area contributed by atoms with Gasteiger partial charge in [0.1, 0.15) is 12.4 Å². The van der Waals surface area contributed by atoms with Gasteiger partial charge in [-0.1, -0.05) is 12.1 Å². The number of guanidine groups is 1. The lowest BCUT2D eigenvalue weighted by Crippen LogP contribution is -2.38. The average Bonchev–Trinajstić information content (AvgIpc) is 2.98. The Morgan fingerprint density at radius 1 is 1.14 bits per heavy atom. The summed E-state index contributed by atoms with van der Waals surface area (Å²) in [5.41, 5.74) is 2.27. The predicted octanol–water partition coefficient (Wildman–Crippen LogP) is 3.70. The molecule has 0 fully saturated rings. The number of ether oxygens (including phenoxy) is 2. The summed E-state index contributed by atoms with van der Waals surface area (Å²) in [6.07, 6.45) is 0.900. The van der Waals surface area contributed by atoms with E-state index in [2.05, 4.69) is 41.4 Å². The number of hydrogen-bond donors (Lipinski definition) is 2. The number of aliphatic imine (C=N–C) groups is 1. The molecule has 0 unspecified atom stereocenters. The number of hydrogen-bond acceptors (Lipinski definition) is 5. The molecule has 2 N–H and O–H groups in total. The monoisotopic (exact) mass is 518 g/mol. The number of thiazole rings is 1. The number of aryl methyl sites for hydroxylation is 2. The number of benzene rings is 1. The lowest BCUT2D eigenvalue weighted by Gasteiger charge is -2.11. The first-order valence-electron chi connectivity index (χ1n) is 9.28. The highest BCUT2D eigenvalue weighted by atomic mass is 127. The van der Waals surface area contributed by atoms with Gasteiger partial charge in [-0.3, -0.25) is 0 Å². The lowest BCUT2D eigenvalue weighted by molar-refractivity contribution is 0.146. The van der Waals surface area contributed by atoms with Crippen LogP contribution in [0.2, 0.25) is 0 Å². The zero-order valence-corrected chi connectivity index (χ0v) is 20.2. The minimum absolute atomic E-state index is 0. The summed E-state index contributed by atoms with van der Waals surface area (Å²) >= 11 is 1.77. The molecule has 6 nitrogen and oxygen atoms in total. The molecule has 0 saturated heterocycles. The minimum Gasteiger partial charge on any atom is -0.491 e. The van der Waals surface area contributed by atoms with Crippen LogP contribution in [0.4, 0.5) is 0 Å². The molecule has 0 saturated carbocycles. The van der Waals surface area contributed by atoms with Crippen molar-refractivity contribution in [2.45, 2.75) is 33.7 Å². The second-order valence-electron chi connectivity index (χ2n) is 6.11. The van der Waals surface area contributed by atoms with Crippen LogP contribution in [0.25, 0.3) is 0 Å². The van der Waals surface area contributed by atoms with E-state index in [-0.39, 0.29) is 24.0 Å². The van der Waals surface area contributed by atoms with Crippen LogP contribution in [-0.2, 0) is 17.7 Å². The molecule has 0 amide bonds. The van der Waals surface area contributed by atoms with Gasteiger partial charge in [0.2, 0.25) is 0 Å². The van der Waals surface area contributed by atoms with Crippen LogP contribution < -0.4 is 15.4 Å². The largest absolute Gasteiger partial charge is 0.491 e. The average molecular weight is 518 g/mol. The molecule has 0 aliphatic rings. The van der Waals surface area contributed by atoms with Crippen LogP contribution in [0.3, 0.4) is 0 Å². The second kappa shape index (κ2) is 13.7. The fraction of sp³-hybridized carbons (Fsp3) is 0.500. The van der Waals surface area contributed by atoms with Crippen molar-refractivity contribution < 1.29 is 9.47 Å². The van der Waals surface area contributed by atoms with Crippen LogP contribution in [0, 0.1) is 13.8 Å². The highest BCUT2D eigenvalue weighted by Crippen LogP contribution is 2.16. The highest BCUT2D eigenvalue weighted by molar-refractivity contribution is 14.0. The quantitative estimate of drug-likeness (QED) is 0.217. The maximum Gasteiger partial charge on any atom is 0.191 e. The van der Waals surface area contributed by atoms with Crippen LogP contribution in [0.15, 0.2) is 29.3 Å². The van der Waals surface area contributed by atoms with E-state index in [9.17, 15) is 0 Å². The Hall–Kier alpha value is -1.39. The molecular weight excluding hydrogens is 487 g/mol. The molecule has 1 aromatic heterocycles. The van der Waals surface area contributed by atoms with E-state index < -0.39 is 0 Å². The number of halogens is 1. The van der Waals surface area contributed by atoms with Crippen LogP contribution in [-0.4, -0.2) is 44.4 Å². The van der Waals surface area contributed by atoms with Crippen molar-refractivity contribution in [3.05, 3.63) is 45.4 Å². The van der Waals surface area contributed by atoms with E-state index in [4.69, 9.17) is 9.47 Å². The molecular formula is C20H31IN4O2S. The van der Waals surface area contributed by atoms with Gasteiger partial charge in [0, 0.05) is 31.5 Å². The zero-order valence-electron chi connectivity index (χ0n) is 17.1. The Kier molecular flexibility index (Phi) is 12.1. The Balaban J connectivity index is 0.00000392. The van der Waals surface area contributed by atoms with Gasteiger partial charge in [0.15, 0.2) is 5.96 Å². The van der Waals surface area contributed by atoms with Gasteiger partial charge in [0.25, 0.3) is 0 Å². The van der Waals surface area contributed by atoms with Gasteiger partial charge in [0.05, 0.1) is 23.9 Å². The Morgan fingerprint density at radius 2 is 1.89 bits per heavy atom. The predicted molar refractivity (Wildman–Crippen MR) is 127 cm³/mol. The van der Waals surface area contributed by atoms with Crippen molar-refractivity contribution in [2.24, 2.45) is 4.99 Å². The summed E-state index contributed by atoms with van der Waals surface area (Å²) in [5.74, 6) is 1.67. The molecule has 2 rings (SSSR count). The van der Waals surface area contributed by atoms with E-state index in [0.29, 0.717) is 19.8 Å². The van der Waals surface area contributed by atoms with Crippen molar-refractivity contribution in [3.63, 3.8) is 0 Å². The Labute approximate surface area is 189 Å². The summed E-state index contributed by atoms with van der Waals surface area (Å²) in [7, 11) is 1.67. The first kappa shape index (κ1) is 24.6. The maximum absolute atomic E-state index is 5.58. The molecule has 0 bridgehead atoms. The fourth-order valence-electron chi connectivity index (χ4n) is 2.38. The van der Waals surface area contributed by atoms with Gasteiger partial charge in [-0.05, 0) is 38.5 Å². The van der Waals surface area contributed by atoms with Gasteiger partial charge in [-0.25, -0.2) is 9.98 Å². The van der Waals surface area contributed by atoms with Crippen molar-refractivity contribution >= 4 is 41.3 Å². The lowest BCUT2D eigenvalue weighted by atomic mass is 10.2. The minimum atomic E-state index is 0. The van der Waals surface area contributed by atoms with Crippen molar-refractivity contribution in [3.8, 4) is 5.75 Å². The van der Waals surface area contributed by atoms with Crippen LogP contribution >= 0.6 is 35.3 Å². The van der Waals surface area contributed by atoms with E-state index in [1.54, 1.807) is 18.4 Å². The molecule has 8 heteroatoms. The summed E-state index contributed by atoms with van der Waals surface area (Å²) in [6, 6.07) is 8.01. The molecule has 2 aromatic rings. The highest BCUT2D eigenvalue weighted by Gasteiger charge is 2.04. The SMILES string of the molecule is CCNC(=NCc1ccc(OCCOC)cc1)NCCc1nc(C)c(C)s1.I. The van der Waals surface area contributed by atoms with Gasteiger partial charge in [-0.15, -0.1) is 35.3 Å². The van der Waals surface area contributed by atoms with Gasteiger partial charge >= 0.3 is 0 Å². The van der Waals surface area contributed by atoms with Gasteiger partial charge < -0.3 is 20.1 Å². The van der Waals surface area contributed by atoms with E-state index in [1.807, 2.05) is 24.3 Å². The fourth-order valence-corrected chi connectivity index (χ4v) is 3.31. The molecule has 0 aliphatic carbocycles. The number of methoxy groups -OCH3 is 1. The molecule has 0 spiro atoms. The molecule has 28 heavy (non-hydrogen) atoms. The number of nitrogens with zero attached hydrogens (tertiary/aromatic N) is 2. The molecule has 0 atom stereocenters. The first-order valence-corrected chi connectivity index (χ1v) is 10.1. The van der Waals surface area contributed by atoms with Crippen molar-refractivity contribution in [1.82, 2.24) is 15.6 Å². The first-order chi connectivity index (χ1) is 13.1. The number of nitrogens with one attached hydrogen (secondary N) is 2. The third kappa shape index (κ3) is 8.74. The van der Waals surface area contributed by atoms with Crippen molar-refractivity contribution in [1.29, 1.82) is 0 Å². The summed E-state index contributed by atoms with van der Waals surface area (Å²) in [6.45, 7) is 9.63. The molecule has 156 valence electrons. The molecule has 0 aliphatic heterocycles. The normalized spacial score (nSPS) is 11.1. The Morgan fingerprint density at radius 3 is 2.50 bits per heavy atom. The topological polar surface area (TPSA) is 67.8 Å². The zero-order chi connectivity index (χ0) is 19.5. The second-order valence-corrected chi connectivity index (χ2v) is 7.39. The van der Waals surface area contributed by atoms with E-state index in [1.165, 1.54) is 4.88 Å². The summed E-state index contributed by atoms with van der Waals surface area (Å²) < 4.78 is 10.6. The van der Waals surface area contributed by atoms with E-state index >= 15 is 0 Å². The number of rotatable bonds is 10. The van der Waals surface area contributed by atoms with Crippen LogP contribution in [0.1, 0.15) is 28.1 Å². The molecule has 1 aromatic carbocycles. The molecule has 0 radical (unpaired) electrons. The third-order valence-corrected chi connectivity index (χ3v) is 5.08. The Bertz CT molecular complexity index is 700.